The van der Waals surface area contributed by atoms with Crippen molar-refractivity contribution in [2.24, 2.45) is 0 Å². The number of aliphatic hydroxyl groups is 2. The van der Waals surface area contributed by atoms with E-state index in [1.54, 1.807) is 43.3 Å². The fourth-order valence-electron chi connectivity index (χ4n) is 3.05. The summed E-state index contributed by atoms with van der Waals surface area (Å²) >= 11 is 0. The molecule has 10 nitrogen and oxygen atoms in total. The third-order valence-electron chi connectivity index (χ3n) is 5.28. The summed E-state index contributed by atoms with van der Waals surface area (Å²) in [5, 5.41) is 17.7. The normalized spacial score (nSPS) is 9.74. The van der Waals surface area contributed by atoms with Gasteiger partial charge in [0.25, 0.3) is 0 Å². The van der Waals surface area contributed by atoms with Crippen molar-refractivity contribution >= 4 is 40.1 Å². The van der Waals surface area contributed by atoms with E-state index in [9.17, 15) is 4.79 Å². The third kappa shape index (κ3) is 13.6. The van der Waals surface area contributed by atoms with Crippen molar-refractivity contribution < 1.29 is 19.7 Å². The zero-order chi connectivity index (χ0) is 29.2. The van der Waals surface area contributed by atoms with Crippen LogP contribution in [0.3, 0.4) is 0 Å². The lowest BCUT2D eigenvalue weighted by Crippen LogP contribution is -2.29. The zero-order valence-electron chi connectivity index (χ0n) is 22.8. The minimum absolute atomic E-state index is 0.0738. The van der Waals surface area contributed by atoms with Gasteiger partial charge in [-0.05, 0) is 79.7 Å². The summed E-state index contributed by atoms with van der Waals surface area (Å²) in [6.45, 7) is 7.30. The second-order valence-corrected chi connectivity index (χ2v) is 8.62. The van der Waals surface area contributed by atoms with E-state index < -0.39 is 0 Å². The van der Waals surface area contributed by atoms with Crippen LogP contribution in [0.4, 0.5) is 34.1 Å². The highest BCUT2D eigenvalue weighted by molar-refractivity contribution is 5.86. The number of likely N-dealkylation sites (N-methyl/N-ethyl adjacent to an activating group) is 1. The van der Waals surface area contributed by atoms with Gasteiger partial charge in [-0.2, -0.15) is 0 Å². The number of nitrogens with zero attached hydrogens (tertiary/aromatic N) is 2. The Morgan fingerprint density at radius 1 is 0.718 bits per heavy atom. The highest BCUT2D eigenvalue weighted by atomic mass is 16.5. The van der Waals surface area contributed by atoms with Crippen molar-refractivity contribution in [2.45, 2.75) is 6.92 Å². The van der Waals surface area contributed by atoms with Crippen molar-refractivity contribution in [1.82, 2.24) is 0 Å². The summed E-state index contributed by atoms with van der Waals surface area (Å²) < 4.78 is 5.01. The average Bonchev–Trinajstić information content (AvgIpc) is 2.91. The number of hydrogen-bond acceptors (Lipinski definition) is 10. The Balaban J connectivity index is 0.000000310. The average molecular weight is 539 g/mol. The Morgan fingerprint density at radius 3 is 1.44 bits per heavy atom. The molecule has 0 unspecified atom stereocenters. The molecule has 3 aromatic rings. The molecule has 0 fully saturated rings. The molecule has 0 aromatic heterocycles. The molecule has 39 heavy (non-hydrogen) atoms. The maximum atomic E-state index is 11.1. The maximum Gasteiger partial charge on any atom is 0.333 e. The van der Waals surface area contributed by atoms with Gasteiger partial charge in [-0.1, -0.05) is 6.58 Å². The summed E-state index contributed by atoms with van der Waals surface area (Å²) in [6.07, 6.45) is 0. The fourth-order valence-corrected chi connectivity index (χ4v) is 3.05. The number of rotatable bonds is 10. The fraction of sp³-hybridized carbons (Fsp3) is 0.276. The number of aliphatic hydroxyl groups excluding tert-OH is 2. The molecule has 10 N–H and O–H groups in total. The number of anilines is 6. The first-order valence-corrected chi connectivity index (χ1v) is 12.4. The topological polar surface area (TPSA) is 177 Å². The van der Waals surface area contributed by atoms with Crippen LogP contribution in [0, 0.1) is 0 Å². The molecule has 212 valence electrons. The third-order valence-corrected chi connectivity index (χ3v) is 5.28. The number of carbonyl (C=O) groups is 1. The molecule has 0 aliphatic heterocycles. The molecule has 0 heterocycles. The highest BCUT2D eigenvalue weighted by Crippen LogP contribution is 2.16. The summed E-state index contributed by atoms with van der Waals surface area (Å²) in [5.41, 5.74) is 27.3. The van der Waals surface area contributed by atoms with Gasteiger partial charge in [-0.25, -0.2) is 4.79 Å². The van der Waals surface area contributed by atoms with E-state index in [2.05, 4.69) is 6.58 Å². The smallest absolute Gasteiger partial charge is 0.333 e. The number of nitrogens with two attached hydrogens (primary N) is 4. The van der Waals surface area contributed by atoms with Gasteiger partial charge in [0.2, 0.25) is 0 Å². The molecule has 0 atom stereocenters. The molecule has 0 aliphatic carbocycles. The molecule has 0 radical (unpaired) electrons. The van der Waals surface area contributed by atoms with Gasteiger partial charge in [-0.15, -0.1) is 0 Å². The van der Waals surface area contributed by atoms with E-state index in [1.165, 1.54) is 0 Å². The van der Waals surface area contributed by atoms with Gasteiger partial charge in [0.15, 0.2) is 0 Å². The second-order valence-electron chi connectivity index (χ2n) is 8.62. The lowest BCUT2D eigenvalue weighted by Gasteiger charge is -2.22. The van der Waals surface area contributed by atoms with Crippen LogP contribution in [0.5, 0.6) is 0 Å². The van der Waals surface area contributed by atoms with E-state index in [0.717, 1.165) is 28.4 Å². The molecule has 0 saturated heterocycles. The van der Waals surface area contributed by atoms with E-state index in [4.69, 9.17) is 37.9 Å². The van der Waals surface area contributed by atoms with Gasteiger partial charge in [0, 0.05) is 59.8 Å². The van der Waals surface area contributed by atoms with Gasteiger partial charge >= 0.3 is 5.97 Å². The number of benzene rings is 3. The van der Waals surface area contributed by atoms with Gasteiger partial charge < -0.3 is 47.7 Å². The Hall–Kier alpha value is -4.41. The minimum atomic E-state index is -0.351. The number of hydrogen-bond donors (Lipinski definition) is 6. The summed E-state index contributed by atoms with van der Waals surface area (Å²) in [5.74, 6) is -0.351. The van der Waals surface area contributed by atoms with Crippen molar-refractivity contribution in [1.29, 1.82) is 0 Å². The van der Waals surface area contributed by atoms with Crippen molar-refractivity contribution in [3.8, 4) is 0 Å². The van der Waals surface area contributed by atoms with Crippen molar-refractivity contribution in [3.63, 3.8) is 0 Å². The predicted molar refractivity (Wildman–Crippen MR) is 162 cm³/mol. The molecule has 3 aromatic carbocycles. The SMILES string of the molecule is C=C(C)C(=O)OCCN(C)c1ccc(N)cc1.Nc1ccc(N(CCO)CCO)cc1.Nc1ccc(N)cc1. The number of nitrogen functional groups attached to an aromatic ring is 4. The maximum absolute atomic E-state index is 11.1. The van der Waals surface area contributed by atoms with Crippen molar-refractivity contribution in [2.75, 3.05) is 79.2 Å². The quantitative estimate of drug-likeness (QED) is 0.128. The molecule has 0 amide bonds. The first-order chi connectivity index (χ1) is 18.6. The molecular weight excluding hydrogens is 496 g/mol. The van der Waals surface area contributed by atoms with Crippen LogP contribution < -0.4 is 32.7 Å². The summed E-state index contributed by atoms with van der Waals surface area (Å²) in [4.78, 5) is 15.0. The standard InChI is InChI=1S/C13H18N2O2.C10H16N2O2.C6H8N2/c1-10(2)13(16)17-9-8-15(3)12-6-4-11(14)5-7-12;11-9-1-3-10(4-2-9)12(5-7-13)6-8-14;7-5-1-2-6(8)4-3-5/h4-7H,1,8-9,14H2,2-3H3;1-4,13-14H,5-8,11H2;1-4H,7-8H2. The Morgan fingerprint density at radius 2 is 1.08 bits per heavy atom. The van der Waals surface area contributed by atoms with E-state index in [1.807, 2.05) is 53.2 Å². The van der Waals surface area contributed by atoms with Crippen LogP contribution in [0.15, 0.2) is 84.9 Å². The Bertz CT molecular complexity index is 1080. The molecule has 0 aliphatic rings. The monoisotopic (exact) mass is 538 g/mol. The predicted octanol–water partition coefficient (Wildman–Crippen LogP) is 2.74. The van der Waals surface area contributed by atoms with Crippen LogP contribution in [0.1, 0.15) is 6.92 Å². The van der Waals surface area contributed by atoms with Crippen LogP contribution >= 0.6 is 0 Å². The van der Waals surface area contributed by atoms with Crippen LogP contribution in [0.2, 0.25) is 0 Å². The van der Waals surface area contributed by atoms with Gasteiger partial charge in [0.1, 0.15) is 6.61 Å². The van der Waals surface area contributed by atoms with Crippen LogP contribution in [-0.4, -0.2) is 62.7 Å². The zero-order valence-corrected chi connectivity index (χ0v) is 22.8. The molecule has 0 spiro atoms. The van der Waals surface area contributed by atoms with E-state index >= 15 is 0 Å². The van der Waals surface area contributed by atoms with Crippen LogP contribution in [-0.2, 0) is 9.53 Å². The first-order valence-electron chi connectivity index (χ1n) is 12.4. The van der Waals surface area contributed by atoms with Gasteiger partial charge in [-0.3, -0.25) is 0 Å². The lowest BCUT2D eigenvalue weighted by molar-refractivity contribution is -0.138. The van der Waals surface area contributed by atoms with Crippen molar-refractivity contribution in [3.05, 3.63) is 84.9 Å². The largest absolute Gasteiger partial charge is 0.460 e. The number of ether oxygens (including phenoxy) is 1. The van der Waals surface area contributed by atoms with E-state index in [-0.39, 0.29) is 19.2 Å². The number of esters is 1. The molecular formula is C29H42N6O4. The number of carbonyl (C=O) groups excluding carboxylic acids is 1. The Labute approximate surface area is 231 Å². The molecule has 0 saturated carbocycles. The molecule has 10 heteroatoms. The highest BCUT2D eigenvalue weighted by Gasteiger charge is 2.05. The van der Waals surface area contributed by atoms with Gasteiger partial charge in [0.05, 0.1) is 19.8 Å². The summed E-state index contributed by atoms with van der Waals surface area (Å²) in [6, 6.07) is 22.0. The minimum Gasteiger partial charge on any atom is -0.460 e. The first kappa shape index (κ1) is 32.6. The Kier molecular flexibility index (Phi) is 15.0. The molecule has 3 rings (SSSR count). The molecule has 0 bridgehead atoms. The van der Waals surface area contributed by atoms with E-state index in [0.29, 0.717) is 37.5 Å². The van der Waals surface area contributed by atoms with Crippen LogP contribution in [0.25, 0.3) is 0 Å². The summed E-state index contributed by atoms with van der Waals surface area (Å²) in [7, 11) is 1.93. The second kappa shape index (κ2) is 17.9. The lowest BCUT2D eigenvalue weighted by atomic mass is 10.2.